The van der Waals surface area contributed by atoms with Crippen molar-refractivity contribution in [2.24, 2.45) is 11.8 Å². The molecule has 3 nitrogen and oxygen atoms in total. The van der Waals surface area contributed by atoms with E-state index >= 15 is 0 Å². The molecule has 2 rings (SSSR count). The fraction of sp³-hybridized carbons (Fsp3) is 0.933. The number of nitrogens with one attached hydrogen (secondary N) is 1. The highest BCUT2D eigenvalue weighted by Gasteiger charge is 2.20. The number of piperidine rings is 1. The molecule has 1 N–H and O–H groups in total. The third-order valence-corrected chi connectivity index (χ3v) is 4.52. The summed E-state index contributed by atoms with van der Waals surface area (Å²) in [4.78, 5) is 13.9. The number of carbonyl (C=O) groups excluding carboxylic acids is 1. The molecule has 104 valence electrons. The quantitative estimate of drug-likeness (QED) is 0.820. The molecular weight excluding hydrogens is 224 g/mol. The van der Waals surface area contributed by atoms with Gasteiger partial charge in [-0.05, 0) is 43.9 Å². The Morgan fingerprint density at radius 1 is 1.17 bits per heavy atom. The van der Waals surface area contributed by atoms with Crippen molar-refractivity contribution in [1.82, 2.24) is 10.2 Å². The van der Waals surface area contributed by atoms with Crippen LogP contribution in [0.5, 0.6) is 0 Å². The molecule has 1 aliphatic heterocycles. The number of hydrogen-bond acceptors (Lipinski definition) is 1. The predicted molar refractivity (Wildman–Crippen MR) is 74.6 cm³/mol. The number of hydrogen-bond donors (Lipinski definition) is 1. The highest BCUT2D eigenvalue weighted by molar-refractivity contribution is 5.74. The first kappa shape index (κ1) is 13.7. The Hall–Kier alpha value is -0.730. The molecule has 2 atom stereocenters. The van der Waals surface area contributed by atoms with E-state index in [2.05, 4.69) is 12.2 Å². The van der Waals surface area contributed by atoms with Gasteiger partial charge in [0.1, 0.15) is 0 Å². The second-order valence-corrected chi connectivity index (χ2v) is 6.21. The van der Waals surface area contributed by atoms with Gasteiger partial charge >= 0.3 is 6.03 Å². The van der Waals surface area contributed by atoms with Gasteiger partial charge in [0, 0.05) is 19.6 Å². The first-order valence-electron chi connectivity index (χ1n) is 7.78. The van der Waals surface area contributed by atoms with E-state index in [4.69, 9.17) is 0 Å². The lowest BCUT2D eigenvalue weighted by molar-refractivity contribution is 0.184. The van der Waals surface area contributed by atoms with Crippen LogP contribution in [-0.2, 0) is 0 Å². The van der Waals surface area contributed by atoms with Crippen LogP contribution in [0.1, 0.15) is 58.3 Å². The van der Waals surface area contributed by atoms with Crippen LogP contribution in [0.4, 0.5) is 4.79 Å². The third-order valence-electron chi connectivity index (χ3n) is 4.52. The van der Waals surface area contributed by atoms with Crippen LogP contribution in [0.15, 0.2) is 0 Å². The highest BCUT2D eigenvalue weighted by atomic mass is 16.2. The lowest BCUT2D eigenvalue weighted by Gasteiger charge is -2.29. The smallest absolute Gasteiger partial charge is 0.317 e. The van der Waals surface area contributed by atoms with Crippen molar-refractivity contribution in [3.05, 3.63) is 0 Å². The molecule has 0 aromatic rings. The SMILES string of the molecule is CC1CCCC(CCNC(=O)N2CCCCC2)C1. The molecule has 0 radical (unpaired) electrons. The number of urea groups is 1. The van der Waals surface area contributed by atoms with Crippen LogP contribution < -0.4 is 5.32 Å². The molecule has 18 heavy (non-hydrogen) atoms. The standard InChI is InChI=1S/C15H28N2O/c1-13-6-5-7-14(12-13)8-9-16-15(18)17-10-3-2-4-11-17/h13-14H,2-12H2,1H3,(H,16,18). The Kier molecular flexibility index (Phi) is 5.33. The largest absolute Gasteiger partial charge is 0.338 e. The molecule has 2 fully saturated rings. The molecule has 2 amide bonds. The topological polar surface area (TPSA) is 32.3 Å². The molecule has 2 aliphatic rings. The van der Waals surface area contributed by atoms with Crippen LogP contribution in [0.2, 0.25) is 0 Å². The van der Waals surface area contributed by atoms with Crippen LogP contribution >= 0.6 is 0 Å². The molecule has 1 saturated carbocycles. The summed E-state index contributed by atoms with van der Waals surface area (Å²) in [5.74, 6) is 1.73. The van der Waals surface area contributed by atoms with Gasteiger partial charge in [-0.2, -0.15) is 0 Å². The number of likely N-dealkylation sites (tertiary alicyclic amines) is 1. The monoisotopic (exact) mass is 252 g/mol. The van der Waals surface area contributed by atoms with E-state index in [0.717, 1.165) is 31.5 Å². The number of nitrogens with zero attached hydrogens (tertiary/aromatic N) is 1. The van der Waals surface area contributed by atoms with Crippen LogP contribution in [-0.4, -0.2) is 30.6 Å². The first-order chi connectivity index (χ1) is 8.75. The molecule has 0 aromatic heterocycles. The number of rotatable bonds is 3. The Morgan fingerprint density at radius 3 is 2.67 bits per heavy atom. The maximum atomic E-state index is 11.9. The fourth-order valence-electron chi connectivity index (χ4n) is 3.41. The summed E-state index contributed by atoms with van der Waals surface area (Å²) in [6, 6.07) is 0.165. The van der Waals surface area contributed by atoms with Crippen molar-refractivity contribution < 1.29 is 4.79 Å². The molecule has 3 heteroatoms. The molecule has 1 heterocycles. The zero-order valence-corrected chi connectivity index (χ0v) is 11.8. The van der Waals surface area contributed by atoms with E-state index in [9.17, 15) is 4.79 Å². The second kappa shape index (κ2) is 7.01. The summed E-state index contributed by atoms with van der Waals surface area (Å²) < 4.78 is 0. The normalized spacial score (nSPS) is 29.1. The van der Waals surface area contributed by atoms with Gasteiger partial charge in [0.2, 0.25) is 0 Å². The maximum Gasteiger partial charge on any atom is 0.317 e. The van der Waals surface area contributed by atoms with Crippen LogP contribution in [0.3, 0.4) is 0 Å². The van der Waals surface area contributed by atoms with E-state index in [0.29, 0.717) is 0 Å². The van der Waals surface area contributed by atoms with Gasteiger partial charge < -0.3 is 10.2 Å². The number of amides is 2. The summed E-state index contributed by atoms with van der Waals surface area (Å²) in [6.07, 6.45) is 10.3. The molecule has 1 saturated heterocycles. The number of carbonyl (C=O) groups is 1. The second-order valence-electron chi connectivity index (χ2n) is 6.21. The van der Waals surface area contributed by atoms with E-state index < -0.39 is 0 Å². The first-order valence-corrected chi connectivity index (χ1v) is 7.78. The summed E-state index contributed by atoms with van der Waals surface area (Å²) in [5.41, 5.74) is 0. The van der Waals surface area contributed by atoms with E-state index in [1.165, 1.54) is 51.4 Å². The van der Waals surface area contributed by atoms with Crippen LogP contribution in [0, 0.1) is 11.8 Å². The minimum Gasteiger partial charge on any atom is -0.338 e. The minimum absolute atomic E-state index is 0.165. The average molecular weight is 252 g/mol. The van der Waals surface area contributed by atoms with Crippen molar-refractivity contribution in [3.8, 4) is 0 Å². The van der Waals surface area contributed by atoms with E-state index in [-0.39, 0.29) is 6.03 Å². The van der Waals surface area contributed by atoms with Gasteiger partial charge in [0.25, 0.3) is 0 Å². The summed E-state index contributed by atoms with van der Waals surface area (Å²) in [5, 5.41) is 3.10. The summed E-state index contributed by atoms with van der Waals surface area (Å²) in [7, 11) is 0. The molecule has 0 aromatic carbocycles. The van der Waals surface area contributed by atoms with Crippen LogP contribution in [0.25, 0.3) is 0 Å². The van der Waals surface area contributed by atoms with E-state index in [1.54, 1.807) is 0 Å². The molecule has 2 unspecified atom stereocenters. The van der Waals surface area contributed by atoms with Gasteiger partial charge in [-0.3, -0.25) is 0 Å². The van der Waals surface area contributed by atoms with Gasteiger partial charge in [0.15, 0.2) is 0 Å². The van der Waals surface area contributed by atoms with E-state index in [1.807, 2.05) is 4.90 Å². The fourth-order valence-corrected chi connectivity index (χ4v) is 3.41. The van der Waals surface area contributed by atoms with Crippen molar-refractivity contribution in [2.75, 3.05) is 19.6 Å². The Balaban J connectivity index is 1.60. The summed E-state index contributed by atoms with van der Waals surface area (Å²) in [6.45, 7) is 5.13. The molecular formula is C15H28N2O. The van der Waals surface area contributed by atoms with Crippen molar-refractivity contribution in [1.29, 1.82) is 0 Å². The molecule has 0 bridgehead atoms. The van der Waals surface area contributed by atoms with Gasteiger partial charge in [0.05, 0.1) is 0 Å². The lowest BCUT2D eigenvalue weighted by atomic mass is 9.81. The zero-order chi connectivity index (χ0) is 12.8. The average Bonchev–Trinajstić information content (AvgIpc) is 2.40. The molecule has 1 aliphatic carbocycles. The Labute approximate surface area is 111 Å². The Morgan fingerprint density at radius 2 is 1.94 bits per heavy atom. The summed E-state index contributed by atoms with van der Waals surface area (Å²) >= 11 is 0. The predicted octanol–water partition coefficient (Wildman–Crippen LogP) is 3.40. The highest BCUT2D eigenvalue weighted by Crippen LogP contribution is 2.30. The molecule has 0 spiro atoms. The van der Waals surface area contributed by atoms with Gasteiger partial charge in [-0.1, -0.05) is 26.2 Å². The van der Waals surface area contributed by atoms with Gasteiger partial charge in [-0.15, -0.1) is 0 Å². The van der Waals surface area contributed by atoms with Crippen molar-refractivity contribution >= 4 is 6.03 Å². The zero-order valence-electron chi connectivity index (χ0n) is 11.8. The Bertz CT molecular complexity index is 261. The van der Waals surface area contributed by atoms with Crippen molar-refractivity contribution in [2.45, 2.75) is 58.3 Å². The van der Waals surface area contributed by atoms with Crippen molar-refractivity contribution in [3.63, 3.8) is 0 Å². The maximum absolute atomic E-state index is 11.9. The third kappa shape index (κ3) is 4.18. The lowest BCUT2D eigenvalue weighted by Crippen LogP contribution is -2.43. The van der Waals surface area contributed by atoms with Gasteiger partial charge in [-0.25, -0.2) is 4.79 Å². The minimum atomic E-state index is 0.165.